The van der Waals surface area contributed by atoms with Gasteiger partial charge in [0.1, 0.15) is 8.80 Å². The van der Waals surface area contributed by atoms with Gasteiger partial charge < -0.3 is 0 Å². The van der Waals surface area contributed by atoms with Crippen LogP contribution in [0.15, 0.2) is 91.0 Å². The molecule has 0 unspecified atom stereocenters. The molecule has 0 saturated carbocycles. The van der Waals surface area contributed by atoms with Crippen molar-refractivity contribution >= 4 is 24.4 Å². The molecule has 0 aliphatic rings. The van der Waals surface area contributed by atoms with Gasteiger partial charge >= 0.3 is 29.5 Å². The van der Waals surface area contributed by atoms with E-state index in [0.29, 0.717) is 0 Å². The summed E-state index contributed by atoms with van der Waals surface area (Å²) in [5.74, 6) is 0. The Kier molecular flexibility index (Phi) is 6.62. The van der Waals surface area contributed by atoms with Crippen LogP contribution in [-0.4, -0.2) is 17.1 Å². The summed E-state index contributed by atoms with van der Waals surface area (Å²) in [5, 5.41) is 4.42. The standard InChI is InChI=1S/C18H16Si.Cr.2H2O.2O/c1-4-10-16(11-5-1)19(17-12-6-2-7-13-17)18-14-8-3-9-15-18;;;;;/h1-15,19H;;2*1H2;;/q;+2;;;;/p-2. The Labute approximate surface area is 145 Å². The fourth-order valence-electron chi connectivity index (χ4n) is 2.51. The molecule has 2 N–H and O–H groups in total. The molecule has 0 aromatic heterocycles. The van der Waals surface area contributed by atoms with Gasteiger partial charge in [0, 0.05) is 0 Å². The van der Waals surface area contributed by atoms with Gasteiger partial charge in [0.05, 0.1) is 0 Å². The maximum Gasteiger partial charge on any atom is 0.132 e. The van der Waals surface area contributed by atoms with E-state index in [9.17, 15) is 0 Å². The summed E-state index contributed by atoms with van der Waals surface area (Å²) in [6.45, 7) is 0. The summed E-state index contributed by atoms with van der Waals surface area (Å²) >= 11 is -5.25. The van der Waals surface area contributed by atoms with E-state index in [-0.39, 0.29) is 0 Å². The van der Waals surface area contributed by atoms with Crippen molar-refractivity contribution in [3.05, 3.63) is 91.0 Å². The first-order valence-corrected chi connectivity index (χ1v) is 11.2. The molecule has 0 heterocycles. The van der Waals surface area contributed by atoms with E-state index in [1.54, 1.807) is 0 Å². The molecule has 4 nitrogen and oxygen atoms in total. The van der Waals surface area contributed by atoms with Gasteiger partial charge in [-0.05, 0) is 0 Å². The molecule has 24 heavy (non-hydrogen) atoms. The van der Waals surface area contributed by atoms with Gasteiger partial charge in [-0.2, -0.15) is 0 Å². The van der Waals surface area contributed by atoms with Crippen molar-refractivity contribution in [1.82, 2.24) is 0 Å². The van der Waals surface area contributed by atoms with Gasteiger partial charge in [0.15, 0.2) is 0 Å². The van der Waals surface area contributed by atoms with Crippen molar-refractivity contribution in [3.63, 3.8) is 0 Å². The minimum Gasteiger partial charge on any atom is -0.0625 e. The largest absolute Gasteiger partial charge is 0.132 e. The molecule has 0 bridgehead atoms. The molecule has 3 rings (SSSR count). The van der Waals surface area contributed by atoms with Crippen LogP contribution in [0.5, 0.6) is 0 Å². The molecule has 3 aromatic rings. The van der Waals surface area contributed by atoms with E-state index in [2.05, 4.69) is 91.0 Å². The Balaban J connectivity index is 0.000000368. The zero-order valence-corrected chi connectivity index (χ0v) is 15.3. The third-order valence-corrected chi connectivity index (χ3v) is 6.55. The Bertz CT molecular complexity index is 736. The smallest absolute Gasteiger partial charge is 0.0625 e. The van der Waals surface area contributed by atoms with E-state index in [1.807, 2.05) is 0 Å². The topological polar surface area (TPSA) is 74.6 Å². The molecular formula is C18H18CrO4Si. The van der Waals surface area contributed by atoms with Crippen molar-refractivity contribution in [2.24, 2.45) is 0 Å². The predicted molar refractivity (Wildman–Crippen MR) is 91.2 cm³/mol. The van der Waals surface area contributed by atoms with Crippen molar-refractivity contribution < 1.29 is 29.5 Å². The van der Waals surface area contributed by atoms with E-state index >= 15 is 0 Å². The second kappa shape index (κ2) is 8.69. The first-order valence-electron chi connectivity index (χ1n) is 7.30. The van der Waals surface area contributed by atoms with Crippen LogP contribution >= 0.6 is 0 Å². The summed E-state index contributed by atoms with van der Waals surface area (Å²) in [6.07, 6.45) is 0. The molecule has 124 valence electrons. The molecule has 0 fully saturated rings. The van der Waals surface area contributed by atoms with Crippen molar-refractivity contribution in [1.29, 1.82) is 0 Å². The molecule has 0 radical (unpaired) electrons. The van der Waals surface area contributed by atoms with Gasteiger partial charge in [0.2, 0.25) is 0 Å². The van der Waals surface area contributed by atoms with Crippen LogP contribution in [0, 0.1) is 0 Å². The first-order chi connectivity index (χ1) is 11.4. The quantitative estimate of drug-likeness (QED) is 0.517. The zero-order chi connectivity index (χ0) is 17.4. The molecule has 0 atom stereocenters. The fourth-order valence-corrected chi connectivity index (χ4v) is 5.49. The molecule has 6 heteroatoms. The SMILES string of the molecule is [O]=[Cr](=[O])([OH])[OH].c1ccc([SiH](c2ccccc2)c2ccccc2)cc1. The zero-order valence-electron chi connectivity index (χ0n) is 12.9. The fraction of sp³-hybridized carbons (Fsp3) is 0. The van der Waals surface area contributed by atoms with Gasteiger partial charge in [-0.15, -0.1) is 0 Å². The number of hydrogen-bond acceptors (Lipinski definition) is 2. The van der Waals surface area contributed by atoms with Crippen molar-refractivity contribution in [3.8, 4) is 0 Å². The third-order valence-electron chi connectivity index (χ3n) is 3.40. The van der Waals surface area contributed by atoms with Gasteiger partial charge in [-0.3, -0.25) is 0 Å². The molecular weight excluding hydrogens is 360 g/mol. The van der Waals surface area contributed by atoms with Crippen LogP contribution in [0.25, 0.3) is 0 Å². The molecule has 0 amide bonds. The summed E-state index contributed by atoms with van der Waals surface area (Å²) in [4.78, 5) is 0. The Morgan fingerprint density at radius 3 is 0.958 bits per heavy atom. The third kappa shape index (κ3) is 6.20. The monoisotopic (exact) mass is 378 g/mol. The molecule has 0 spiro atoms. The predicted octanol–water partition coefficient (Wildman–Crippen LogP) is 0.581. The number of benzene rings is 3. The molecule has 0 aliphatic carbocycles. The minimum atomic E-state index is -5.25. The normalized spacial score (nSPS) is 10.8. The molecule has 3 aromatic carbocycles. The molecule has 0 aliphatic heterocycles. The van der Waals surface area contributed by atoms with Gasteiger partial charge in [-0.25, -0.2) is 0 Å². The van der Waals surface area contributed by atoms with Crippen LogP contribution in [0.1, 0.15) is 0 Å². The number of hydrogen-bond donors (Lipinski definition) is 2. The van der Waals surface area contributed by atoms with Crippen molar-refractivity contribution in [2.75, 3.05) is 0 Å². The minimum absolute atomic E-state index is 1.31. The summed E-state index contributed by atoms with van der Waals surface area (Å²) in [7, 11) is -1.31. The van der Waals surface area contributed by atoms with Gasteiger partial charge in [-0.1, -0.05) is 107 Å². The van der Waals surface area contributed by atoms with E-state index in [4.69, 9.17) is 15.9 Å². The van der Waals surface area contributed by atoms with Crippen LogP contribution < -0.4 is 15.6 Å². The second-order valence-electron chi connectivity index (χ2n) is 5.11. The summed E-state index contributed by atoms with van der Waals surface area (Å²) in [6, 6.07) is 32.7. The van der Waals surface area contributed by atoms with Crippen LogP contribution in [0.2, 0.25) is 0 Å². The summed E-state index contributed by atoms with van der Waals surface area (Å²) in [5.41, 5.74) is 0. The van der Waals surface area contributed by atoms with Crippen LogP contribution in [-0.2, 0) is 21.2 Å². The first kappa shape index (κ1) is 18.3. The summed E-state index contributed by atoms with van der Waals surface area (Å²) < 4.78 is 31.9. The van der Waals surface area contributed by atoms with E-state index in [1.165, 1.54) is 15.6 Å². The van der Waals surface area contributed by atoms with Crippen LogP contribution in [0.3, 0.4) is 0 Å². The Morgan fingerprint density at radius 2 is 0.750 bits per heavy atom. The Morgan fingerprint density at radius 1 is 0.542 bits per heavy atom. The van der Waals surface area contributed by atoms with Crippen molar-refractivity contribution in [2.45, 2.75) is 0 Å². The maximum absolute atomic E-state index is 8.82. The van der Waals surface area contributed by atoms with Crippen LogP contribution in [0.4, 0.5) is 0 Å². The average Bonchev–Trinajstić information content (AvgIpc) is 2.57. The second-order valence-corrected chi connectivity index (χ2v) is 9.38. The van der Waals surface area contributed by atoms with Gasteiger partial charge in [0.25, 0.3) is 0 Å². The molecule has 0 saturated heterocycles. The Hall–Kier alpha value is -2.07. The van der Waals surface area contributed by atoms with E-state index in [0.717, 1.165) is 0 Å². The average molecular weight is 378 g/mol. The number of rotatable bonds is 3. The maximum atomic E-state index is 8.82. The van der Waals surface area contributed by atoms with E-state index < -0.39 is 22.4 Å².